The van der Waals surface area contributed by atoms with Crippen LogP contribution in [0.1, 0.15) is 18.1 Å². The van der Waals surface area contributed by atoms with E-state index in [2.05, 4.69) is 15.6 Å². The van der Waals surface area contributed by atoms with E-state index in [4.69, 9.17) is 16.2 Å². The predicted octanol–water partition coefficient (Wildman–Crippen LogP) is -2.25. The van der Waals surface area contributed by atoms with Gasteiger partial charge in [0.25, 0.3) is 5.91 Å². The Morgan fingerprint density at radius 2 is 2.00 bits per heavy atom. The van der Waals surface area contributed by atoms with E-state index < -0.39 is 48.8 Å². The van der Waals surface area contributed by atoms with Crippen LogP contribution in [0.15, 0.2) is 41.1 Å². The van der Waals surface area contributed by atoms with Crippen molar-refractivity contribution in [2.45, 2.75) is 50.8 Å². The number of rotatable bonds is 8. The smallest absolute Gasteiger partial charge is 0.286 e. The van der Waals surface area contributed by atoms with Gasteiger partial charge in [0, 0.05) is 13.5 Å². The number of aliphatic imine (C=N–C) groups is 1. The van der Waals surface area contributed by atoms with Crippen molar-refractivity contribution in [2.75, 3.05) is 6.61 Å². The number of hydrogen-bond acceptors (Lipinski definition) is 7. The molecule has 2 amide bonds. The van der Waals surface area contributed by atoms with Gasteiger partial charge in [-0.15, -0.1) is 0 Å². The normalized spacial score (nSPS) is 22.4. The molecule has 31 heavy (non-hydrogen) atoms. The van der Waals surface area contributed by atoms with E-state index in [1.165, 1.54) is 13.0 Å². The number of benzene rings is 1. The number of aliphatic hydroxyl groups excluding tert-OH is 3. The number of carbonyl (C=O) groups is 2. The average Bonchev–Trinajstić information content (AvgIpc) is 2.71. The van der Waals surface area contributed by atoms with Crippen LogP contribution in [0.25, 0.3) is 0 Å². The van der Waals surface area contributed by atoms with Crippen molar-refractivity contribution in [3.05, 3.63) is 47.2 Å². The molecule has 0 saturated heterocycles. The molecule has 5 atom stereocenters. The van der Waals surface area contributed by atoms with Gasteiger partial charge in [0.15, 0.2) is 11.7 Å². The van der Waals surface area contributed by atoms with Crippen LogP contribution in [-0.4, -0.2) is 70.1 Å². The molecule has 1 aromatic rings. The zero-order valence-electron chi connectivity index (χ0n) is 17.4. The van der Waals surface area contributed by atoms with E-state index in [0.717, 1.165) is 11.1 Å². The molecule has 0 saturated carbocycles. The minimum absolute atomic E-state index is 0.196. The first-order valence-corrected chi connectivity index (χ1v) is 9.67. The molecule has 170 valence electrons. The van der Waals surface area contributed by atoms with E-state index in [9.17, 15) is 24.9 Å². The summed E-state index contributed by atoms with van der Waals surface area (Å²) in [5.41, 5.74) is 12.9. The van der Waals surface area contributed by atoms with Crippen molar-refractivity contribution < 1.29 is 29.6 Å². The second kappa shape index (κ2) is 10.8. The van der Waals surface area contributed by atoms with Gasteiger partial charge in [0.05, 0.1) is 18.7 Å². The Hall–Kier alpha value is -3.15. The Kier molecular flexibility index (Phi) is 8.37. The van der Waals surface area contributed by atoms with E-state index >= 15 is 0 Å². The lowest BCUT2D eigenvalue weighted by Crippen LogP contribution is -2.60. The molecule has 1 aromatic carbocycles. The molecule has 0 unspecified atom stereocenters. The molecule has 1 aliphatic rings. The first-order chi connectivity index (χ1) is 14.6. The maximum absolute atomic E-state index is 12.7. The van der Waals surface area contributed by atoms with Crippen molar-refractivity contribution in [2.24, 2.45) is 16.5 Å². The molecule has 0 bridgehead atoms. The summed E-state index contributed by atoms with van der Waals surface area (Å²) in [5.74, 6) is -1.58. The molecule has 9 N–H and O–H groups in total. The highest BCUT2D eigenvalue weighted by atomic mass is 16.5. The van der Waals surface area contributed by atoms with Gasteiger partial charge in [0.1, 0.15) is 18.3 Å². The molecule has 1 aliphatic heterocycles. The molecular formula is C20H29N5O6. The number of hydrogen-bond donors (Lipinski definition) is 7. The number of amides is 2. The molecule has 11 heteroatoms. The summed E-state index contributed by atoms with van der Waals surface area (Å²) in [5, 5.41) is 34.8. The number of aryl methyl sites for hydroxylation is 1. The molecule has 0 fully saturated rings. The zero-order valence-corrected chi connectivity index (χ0v) is 17.4. The first kappa shape index (κ1) is 24.1. The van der Waals surface area contributed by atoms with Crippen LogP contribution in [0.2, 0.25) is 0 Å². The quantitative estimate of drug-likeness (QED) is 0.176. The molecule has 0 radical (unpaired) electrons. The van der Waals surface area contributed by atoms with Crippen molar-refractivity contribution >= 4 is 17.8 Å². The number of nitrogens with one attached hydrogen (secondary N) is 2. The number of carbonyl (C=O) groups excluding carboxylic acids is 2. The summed E-state index contributed by atoms with van der Waals surface area (Å²) in [6.07, 6.45) is -3.23. The number of aliphatic hydroxyl groups is 3. The van der Waals surface area contributed by atoms with Gasteiger partial charge in [-0.1, -0.05) is 29.8 Å². The fraction of sp³-hybridized carbons (Fsp3) is 0.450. The van der Waals surface area contributed by atoms with Crippen LogP contribution in [-0.2, 0) is 20.9 Å². The molecular weight excluding hydrogens is 406 g/mol. The highest BCUT2D eigenvalue weighted by Gasteiger charge is 2.43. The number of nitrogens with zero attached hydrogens (tertiary/aromatic N) is 1. The maximum atomic E-state index is 12.7. The first-order valence-electron chi connectivity index (χ1n) is 9.67. The van der Waals surface area contributed by atoms with Crippen molar-refractivity contribution in [3.8, 4) is 0 Å². The van der Waals surface area contributed by atoms with Crippen LogP contribution in [0, 0.1) is 6.92 Å². The monoisotopic (exact) mass is 435 g/mol. The molecule has 0 spiro atoms. The largest absolute Gasteiger partial charge is 0.480 e. The Labute approximate surface area is 179 Å². The standard InChI is InChI=1S/C20H29N5O6/c1-10-4-3-5-12(6-10)8-23-19(30)15-7-13(25-20(21)22)16(24-11(2)27)18(31-15)17(29)14(28)9-26/h3-7,13-14,16-18,26,28-29H,8-9H2,1-2H3,(H,23,30)(H,24,27)(H4,21,22,25)/t13-,14+,16+,17+,18+/m0/s1. The van der Waals surface area contributed by atoms with E-state index in [0.29, 0.717) is 0 Å². The summed E-state index contributed by atoms with van der Waals surface area (Å²) < 4.78 is 5.63. The fourth-order valence-electron chi connectivity index (χ4n) is 3.23. The predicted molar refractivity (Wildman–Crippen MR) is 112 cm³/mol. The molecule has 11 nitrogen and oxygen atoms in total. The Bertz CT molecular complexity index is 854. The summed E-state index contributed by atoms with van der Waals surface area (Å²) >= 11 is 0. The van der Waals surface area contributed by atoms with Gasteiger partial charge in [-0.2, -0.15) is 0 Å². The topological polar surface area (TPSA) is 193 Å². The number of nitrogens with two attached hydrogens (primary N) is 2. The Balaban J connectivity index is 2.31. The van der Waals surface area contributed by atoms with Crippen LogP contribution in [0.5, 0.6) is 0 Å². The highest BCUT2D eigenvalue weighted by Crippen LogP contribution is 2.25. The number of guanidine groups is 1. The van der Waals surface area contributed by atoms with Crippen molar-refractivity contribution in [1.82, 2.24) is 10.6 Å². The molecule has 0 aromatic heterocycles. The highest BCUT2D eigenvalue weighted by molar-refractivity contribution is 5.92. The van der Waals surface area contributed by atoms with Crippen LogP contribution < -0.4 is 22.1 Å². The lowest BCUT2D eigenvalue weighted by atomic mass is 9.92. The van der Waals surface area contributed by atoms with E-state index in [1.807, 2.05) is 31.2 Å². The average molecular weight is 435 g/mol. The van der Waals surface area contributed by atoms with E-state index in [1.54, 1.807) is 0 Å². The van der Waals surface area contributed by atoms with Gasteiger partial charge >= 0.3 is 0 Å². The molecule has 0 aliphatic carbocycles. The minimum atomic E-state index is -1.65. The lowest BCUT2D eigenvalue weighted by molar-refractivity contribution is -0.134. The maximum Gasteiger partial charge on any atom is 0.286 e. The van der Waals surface area contributed by atoms with Gasteiger partial charge < -0.3 is 42.2 Å². The Morgan fingerprint density at radius 3 is 2.58 bits per heavy atom. The minimum Gasteiger partial charge on any atom is -0.480 e. The van der Waals surface area contributed by atoms with Crippen molar-refractivity contribution in [1.29, 1.82) is 0 Å². The summed E-state index contributed by atoms with van der Waals surface area (Å²) in [6.45, 7) is 2.62. The summed E-state index contributed by atoms with van der Waals surface area (Å²) in [7, 11) is 0. The van der Waals surface area contributed by atoms with Gasteiger partial charge in [0.2, 0.25) is 5.91 Å². The van der Waals surface area contributed by atoms with Crippen LogP contribution in [0.4, 0.5) is 0 Å². The molecule has 2 rings (SSSR count). The zero-order chi connectivity index (χ0) is 23.1. The Morgan fingerprint density at radius 1 is 1.29 bits per heavy atom. The lowest BCUT2D eigenvalue weighted by Gasteiger charge is -2.39. The van der Waals surface area contributed by atoms with Crippen LogP contribution >= 0.6 is 0 Å². The second-order valence-corrected chi connectivity index (χ2v) is 7.30. The van der Waals surface area contributed by atoms with Gasteiger partial charge in [-0.05, 0) is 18.6 Å². The summed E-state index contributed by atoms with van der Waals surface area (Å²) in [4.78, 5) is 28.4. The third-order valence-electron chi connectivity index (χ3n) is 4.65. The summed E-state index contributed by atoms with van der Waals surface area (Å²) in [6, 6.07) is 5.58. The molecule has 1 heterocycles. The fourth-order valence-corrected chi connectivity index (χ4v) is 3.23. The van der Waals surface area contributed by atoms with E-state index in [-0.39, 0.29) is 18.3 Å². The SMILES string of the molecule is CC(=O)N[C@H]1[C@H]([C@H](O)[C@H](O)CO)OC(C(=O)NCc2cccc(C)c2)=C[C@@H]1N=C(N)N. The van der Waals surface area contributed by atoms with Gasteiger partial charge in [-0.3, -0.25) is 9.59 Å². The van der Waals surface area contributed by atoms with Gasteiger partial charge in [-0.25, -0.2) is 4.99 Å². The third kappa shape index (κ3) is 6.67. The van der Waals surface area contributed by atoms with Crippen molar-refractivity contribution in [3.63, 3.8) is 0 Å². The second-order valence-electron chi connectivity index (χ2n) is 7.30. The number of ether oxygens (including phenoxy) is 1. The third-order valence-corrected chi connectivity index (χ3v) is 4.65. The van der Waals surface area contributed by atoms with Crippen LogP contribution in [0.3, 0.4) is 0 Å².